The number of carboxylic acids is 1. The maximum atomic E-state index is 11.2. The Bertz CT molecular complexity index is 426. The molecule has 0 aliphatic carbocycles. The van der Waals surface area contributed by atoms with Crippen molar-refractivity contribution in [1.82, 2.24) is 0 Å². The zero-order valence-corrected chi connectivity index (χ0v) is 11.3. The topological polar surface area (TPSA) is 82.1 Å². The van der Waals surface area contributed by atoms with Gasteiger partial charge < -0.3 is 19.3 Å². The average Bonchev–Trinajstić information content (AvgIpc) is 2.45. The minimum absolute atomic E-state index is 0.268. The fraction of sp³-hybridized carbons (Fsp3) is 0.429. The number of ether oxygens (including phenoxy) is 3. The van der Waals surface area contributed by atoms with Crippen LogP contribution in [0.25, 0.3) is 0 Å². The molecule has 0 aliphatic heterocycles. The summed E-state index contributed by atoms with van der Waals surface area (Å²) in [6.45, 7) is 0.640. The third-order valence-corrected chi connectivity index (χ3v) is 2.45. The highest BCUT2D eigenvalue weighted by molar-refractivity contribution is 5.89. The zero-order chi connectivity index (χ0) is 14.8. The van der Waals surface area contributed by atoms with Crippen LogP contribution in [0, 0.1) is 0 Å². The van der Waals surface area contributed by atoms with Crippen LogP contribution >= 0.6 is 0 Å². The fourth-order valence-electron chi connectivity index (χ4n) is 1.46. The van der Waals surface area contributed by atoms with Crippen LogP contribution in [0.15, 0.2) is 24.3 Å². The van der Waals surface area contributed by atoms with E-state index < -0.39 is 5.97 Å². The first kappa shape index (κ1) is 16.0. The van der Waals surface area contributed by atoms with Crippen molar-refractivity contribution in [3.63, 3.8) is 0 Å². The maximum Gasteiger partial charge on any atom is 0.337 e. The number of esters is 1. The van der Waals surface area contributed by atoms with Gasteiger partial charge in [0.25, 0.3) is 0 Å². The van der Waals surface area contributed by atoms with Crippen LogP contribution in [0.5, 0.6) is 5.75 Å². The fourth-order valence-corrected chi connectivity index (χ4v) is 1.46. The van der Waals surface area contributed by atoms with Gasteiger partial charge >= 0.3 is 11.9 Å². The Morgan fingerprint density at radius 2 is 1.75 bits per heavy atom. The lowest BCUT2D eigenvalue weighted by atomic mass is 10.2. The molecule has 1 aromatic carbocycles. The highest BCUT2D eigenvalue weighted by Crippen LogP contribution is 2.13. The molecule has 0 amide bonds. The molecule has 6 heteroatoms. The van der Waals surface area contributed by atoms with Gasteiger partial charge in [-0.2, -0.15) is 0 Å². The molecule has 0 saturated carbocycles. The van der Waals surface area contributed by atoms with Crippen LogP contribution < -0.4 is 4.74 Å². The van der Waals surface area contributed by atoms with E-state index in [1.165, 1.54) is 7.11 Å². The molecule has 0 saturated heterocycles. The van der Waals surface area contributed by atoms with Crippen molar-refractivity contribution in [3.8, 4) is 5.75 Å². The van der Waals surface area contributed by atoms with Crippen molar-refractivity contribution in [2.24, 2.45) is 0 Å². The van der Waals surface area contributed by atoms with Crippen LogP contribution in [0.3, 0.4) is 0 Å². The average molecular weight is 282 g/mol. The lowest BCUT2D eigenvalue weighted by Crippen LogP contribution is -2.08. The molecule has 6 nitrogen and oxygen atoms in total. The first-order valence-corrected chi connectivity index (χ1v) is 6.24. The molecule has 0 spiro atoms. The highest BCUT2D eigenvalue weighted by atomic mass is 16.5. The van der Waals surface area contributed by atoms with Crippen LogP contribution in [-0.2, 0) is 14.3 Å². The summed E-state index contributed by atoms with van der Waals surface area (Å²) in [6, 6.07) is 6.68. The van der Waals surface area contributed by atoms with Gasteiger partial charge in [0, 0.05) is 6.61 Å². The number of carbonyl (C=O) groups is 2. The minimum Gasteiger partial charge on any atom is -0.494 e. The van der Waals surface area contributed by atoms with Crippen molar-refractivity contribution >= 4 is 11.9 Å². The maximum absolute atomic E-state index is 11.2. The third kappa shape index (κ3) is 6.19. The Morgan fingerprint density at radius 1 is 1.10 bits per heavy atom. The Morgan fingerprint density at radius 3 is 2.35 bits per heavy atom. The Hall–Kier alpha value is -2.08. The third-order valence-electron chi connectivity index (χ3n) is 2.45. The molecular formula is C14H18O6. The molecule has 0 radical (unpaired) electrons. The summed E-state index contributed by atoms with van der Waals surface area (Å²) in [5.74, 6) is -0.678. The van der Waals surface area contributed by atoms with Crippen LogP contribution in [-0.4, -0.2) is 44.0 Å². The van der Waals surface area contributed by atoms with E-state index >= 15 is 0 Å². The second kappa shape index (κ2) is 8.92. The Kier molecular flexibility index (Phi) is 7.13. The van der Waals surface area contributed by atoms with Gasteiger partial charge in [0.15, 0.2) is 0 Å². The molecule has 1 N–H and O–H groups in total. The van der Waals surface area contributed by atoms with E-state index in [0.717, 1.165) is 12.8 Å². The summed E-state index contributed by atoms with van der Waals surface area (Å²) in [6.07, 6.45) is 1.49. The lowest BCUT2D eigenvalue weighted by Gasteiger charge is -2.07. The largest absolute Gasteiger partial charge is 0.494 e. The number of aliphatic carboxylic acids is 1. The monoisotopic (exact) mass is 282 g/mol. The Labute approximate surface area is 117 Å². The van der Waals surface area contributed by atoms with Gasteiger partial charge in [-0.05, 0) is 37.1 Å². The zero-order valence-electron chi connectivity index (χ0n) is 11.3. The summed E-state index contributed by atoms with van der Waals surface area (Å²) in [5.41, 5.74) is 0.474. The number of methoxy groups -OCH3 is 1. The minimum atomic E-state index is -0.966. The summed E-state index contributed by atoms with van der Waals surface area (Å²) in [4.78, 5) is 21.4. The molecule has 0 atom stereocenters. The summed E-state index contributed by atoms with van der Waals surface area (Å²) in [7, 11) is 1.33. The van der Waals surface area contributed by atoms with Gasteiger partial charge in [-0.15, -0.1) is 0 Å². The molecule has 0 unspecified atom stereocenters. The number of carbonyl (C=O) groups excluding carboxylic acids is 1. The van der Waals surface area contributed by atoms with Gasteiger partial charge in [0.05, 0.1) is 19.3 Å². The lowest BCUT2D eigenvalue weighted by molar-refractivity contribution is -0.142. The van der Waals surface area contributed by atoms with E-state index in [1.54, 1.807) is 24.3 Å². The van der Waals surface area contributed by atoms with E-state index in [0.29, 0.717) is 24.5 Å². The van der Waals surface area contributed by atoms with E-state index in [1.807, 2.05) is 0 Å². The number of hydrogen-bond donors (Lipinski definition) is 1. The highest BCUT2D eigenvalue weighted by Gasteiger charge is 2.04. The molecular weight excluding hydrogens is 264 g/mol. The predicted molar refractivity (Wildman–Crippen MR) is 71.0 cm³/mol. The first-order valence-electron chi connectivity index (χ1n) is 6.24. The van der Waals surface area contributed by atoms with Gasteiger partial charge in [-0.25, -0.2) is 9.59 Å². The SMILES string of the molecule is COC(=O)c1ccc(OCCCCOCC(=O)O)cc1. The summed E-state index contributed by atoms with van der Waals surface area (Å²) >= 11 is 0. The molecule has 1 aromatic rings. The molecule has 0 aliphatic rings. The Balaban J connectivity index is 2.16. The molecule has 110 valence electrons. The normalized spacial score (nSPS) is 10.1. The second-order valence-corrected chi connectivity index (χ2v) is 4.02. The van der Waals surface area contributed by atoms with Crippen molar-refractivity contribution in [2.45, 2.75) is 12.8 Å². The quantitative estimate of drug-likeness (QED) is 0.548. The van der Waals surface area contributed by atoms with Crippen LogP contribution in [0.1, 0.15) is 23.2 Å². The van der Waals surface area contributed by atoms with Gasteiger partial charge in [0.1, 0.15) is 12.4 Å². The van der Waals surface area contributed by atoms with E-state index in [9.17, 15) is 9.59 Å². The first-order chi connectivity index (χ1) is 9.63. The molecule has 0 aromatic heterocycles. The summed E-state index contributed by atoms with van der Waals surface area (Å²) in [5, 5.41) is 8.36. The standard InChI is InChI=1S/C14H18O6/c1-18-14(17)11-4-6-12(7-5-11)20-9-3-2-8-19-10-13(15)16/h4-7H,2-3,8-10H2,1H3,(H,15,16). The van der Waals surface area contributed by atoms with Crippen LogP contribution in [0.2, 0.25) is 0 Å². The number of hydrogen-bond acceptors (Lipinski definition) is 5. The van der Waals surface area contributed by atoms with Gasteiger partial charge in [-0.1, -0.05) is 0 Å². The van der Waals surface area contributed by atoms with Crippen molar-refractivity contribution < 1.29 is 28.9 Å². The molecule has 1 rings (SSSR count). The van der Waals surface area contributed by atoms with Crippen molar-refractivity contribution in [2.75, 3.05) is 26.9 Å². The molecule has 20 heavy (non-hydrogen) atoms. The van der Waals surface area contributed by atoms with Gasteiger partial charge in [-0.3, -0.25) is 0 Å². The number of unbranched alkanes of at least 4 members (excludes halogenated alkanes) is 1. The van der Waals surface area contributed by atoms with Crippen LogP contribution in [0.4, 0.5) is 0 Å². The molecule has 0 heterocycles. The van der Waals surface area contributed by atoms with Crippen molar-refractivity contribution in [3.05, 3.63) is 29.8 Å². The smallest absolute Gasteiger partial charge is 0.337 e. The van der Waals surface area contributed by atoms with E-state index in [2.05, 4.69) is 4.74 Å². The van der Waals surface area contributed by atoms with Crippen molar-refractivity contribution in [1.29, 1.82) is 0 Å². The summed E-state index contributed by atoms with van der Waals surface area (Å²) < 4.78 is 15.0. The van der Waals surface area contributed by atoms with E-state index in [4.69, 9.17) is 14.6 Å². The van der Waals surface area contributed by atoms with Gasteiger partial charge in [0.2, 0.25) is 0 Å². The number of benzene rings is 1. The predicted octanol–water partition coefficient (Wildman–Crippen LogP) is 1.73. The second-order valence-electron chi connectivity index (χ2n) is 4.02. The van der Waals surface area contributed by atoms with E-state index in [-0.39, 0.29) is 12.6 Å². The molecule has 0 bridgehead atoms. The number of rotatable bonds is 9. The molecule has 0 fully saturated rings. The number of carboxylic acid groups (broad SMARTS) is 1.